The van der Waals surface area contributed by atoms with E-state index >= 15 is 0 Å². The average Bonchev–Trinajstić information content (AvgIpc) is 3.19. The standard InChI is InChI=1S/C18H34N4O/c1-15(17(23)20-16-5-3-4-6-16)22-11-9-21(10-12-22)14-18(2)7-8-19-13-18/h15-16,19H,3-14H2,1-2H3,(H,20,23). The largest absolute Gasteiger partial charge is 0.352 e. The number of piperazine rings is 1. The number of amides is 1. The van der Waals surface area contributed by atoms with E-state index in [9.17, 15) is 4.79 Å². The minimum atomic E-state index is 0.0153. The number of carbonyl (C=O) groups excluding carboxylic acids is 1. The van der Waals surface area contributed by atoms with E-state index in [0.717, 1.165) is 39.3 Å². The quantitative estimate of drug-likeness (QED) is 0.794. The maximum atomic E-state index is 12.4. The van der Waals surface area contributed by atoms with Gasteiger partial charge in [0.05, 0.1) is 6.04 Å². The van der Waals surface area contributed by atoms with Crippen LogP contribution in [-0.2, 0) is 4.79 Å². The van der Waals surface area contributed by atoms with Crippen LogP contribution in [0.4, 0.5) is 0 Å². The molecule has 0 aromatic carbocycles. The van der Waals surface area contributed by atoms with E-state index in [1.807, 2.05) is 0 Å². The Bertz CT molecular complexity index is 394. The van der Waals surface area contributed by atoms with Crippen molar-refractivity contribution in [2.75, 3.05) is 45.8 Å². The van der Waals surface area contributed by atoms with Crippen LogP contribution < -0.4 is 10.6 Å². The molecule has 132 valence electrons. The second kappa shape index (κ2) is 7.49. The van der Waals surface area contributed by atoms with Crippen LogP contribution in [0.25, 0.3) is 0 Å². The minimum absolute atomic E-state index is 0.0153. The Morgan fingerprint density at radius 3 is 2.57 bits per heavy atom. The van der Waals surface area contributed by atoms with E-state index in [-0.39, 0.29) is 11.9 Å². The third-order valence-electron chi connectivity index (χ3n) is 6.10. The summed E-state index contributed by atoms with van der Waals surface area (Å²) in [5.74, 6) is 0.234. The summed E-state index contributed by atoms with van der Waals surface area (Å²) in [4.78, 5) is 17.4. The molecule has 1 amide bonds. The highest BCUT2D eigenvalue weighted by Gasteiger charge is 2.33. The maximum Gasteiger partial charge on any atom is 0.237 e. The van der Waals surface area contributed by atoms with E-state index in [2.05, 4.69) is 34.3 Å². The Kier molecular flexibility index (Phi) is 5.60. The van der Waals surface area contributed by atoms with Gasteiger partial charge in [-0.2, -0.15) is 0 Å². The first kappa shape index (κ1) is 17.2. The Morgan fingerprint density at radius 2 is 1.96 bits per heavy atom. The van der Waals surface area contributed by atoms with Gasteiger partial charge >= 0.3 is 0 Å². The fourth-order valence-corrected chi connectivity index (χ4v) is 4.41. The first-order valence-corrected chi connectivity index (χ1v) is 9.53. The van der Waals surface area contributed by atoms with Crippen molar-refractivity contribution >= 4 is 5.91 Å². The van der Waals surface area contributed by atoms with Crippen molar-refractivity contribution in [3.05, 3.63) is 0 Å². The molecule has 2 unspecified atom stereocenters. The number of nitrogens with zero attached hydrogens (tertiary/aromatic N) is 2. The average molecular weight is 322 g/mol. The molecule has 5 nitrogen and oxygen atoms in total. The van der Waals surface area contributed by atoms with Crippen LogP contribution in [-0.4, -0.2) is 73.6 Å². The Balaban J connectivity index is 1.41. The molecule has 2 heterocycles. The van der Waals surface area contributed by atoms with Crippen LogP contribution in [0.3, 0.4) is 0 Å². The van der Waals surface area contributed by atoms with E-state index < -0.39 is 0 Å². The van der Waals surface area contributed by atoms with Crippen LogP contribution in [0.5, 0.6) is 0 Å². The maximum absolute atomic E-state index is 12.4. The van der Waals surface area contributed by atoms with Gasteiger partial charge in [0.25, 0.3) is 0 Å². The topological polar surface area (TPSA) is 47.6 Å². The van der Waals surface area contributed by atoms with Gasteiger partial charge in [0.1, 0.15) is 0 Å². The van der Waals surface area contributed by atoms with Crippen LogP contribution in [0.1, 0.15) is 46.0 Å². The van der Waals surface area contributed by atoms with Gasteiger partial charge in [-0.3, -0.25) is 9.69 Å². The van der Waals surface area contributed by atoms with Gasteiger partial charge in [-0.15, -0.1) is 0 Å². The lowest BCUT2D eigenvalue weighted by Crippen LogP contribution is -2.56. The third kappa shape index (κ3) is 4.46. The van der Waals surface area contributed by atoms with Crippen molar-refractivity contribution in [3.63, 3.8) is 0 Å². The molecule has 1 aliphatic carbocycles. The van der Waals surface area contributed by atoms with E-state index in [1.165, 1.54) is 38.6 Å². The van der Waals surface area contributed by atoms with Crippen molar-refractivity contribution in [2.45, 2.75) is 58.0 Å². The molecule has 2 N–H and O–H groups in total. The smallest absolute Gasteiger partial charge is 0.237 e. The molecule has 1 saturated carbocycles. The molecule has 0 aromatic rings. The summed E-state index contributed by atoms with van der Waals surface area (Å²) in [5.41, 5.74) is 0.438. The monoisotopic (exact) mass is 322 g/mol. The Hall–Kier alpha value is -0.650. The number of hydrogen-bond donors (Lipinski definition) is 2. The van der Waals surface area contributed by atoms with Gasteiger partial charge in [0.2, 0.25) is 5.91 Å². The summed E-state index contributed by atoms with van der Waals surface area (Å²) in [6.07, 6.45) is 6.16. The SMILES string of the molecule is CC(C(=O)NC1CCCC1)N1CCN(CC2(C)CCNC2)CC1. The van der Waals surface area contributed by atoms with E-state index in [1.54, 1.807) is 0 Å². The van der Waals surface area contributed by atoms with Gasteiger partial charge in [0.15, 0.2) is 0 Å². The molecule has 3 aliphatic rings. The summed E-state index contributed by atoms with van der Waals surface area (Å²) < 4.78 is 0. The predicted molar refractivity (Wildman–Crippen MR) is 93.5 cm³/mol. The van der Waals surface area contributed by atoms with Crippen LogP contribution in [0.2, 0.25) is 0 Å². The van der Waals surface area contributed by atoms with Gasteiger partial charge in [0, 0.05) is 45.3 Å². The fourth-order valence-electron chi connectivity index (χ4n) is 4.41. The van der Waals surface area contributed by atoms with Crippen LogP contribution in [0.15, 0.2) is 0 Å². The summed E-state index contributed by atoms with van der Waals surface area (Å²) >= 11 is 0. The molecule has 5 heteroatoms. The Morgan fingerprint density at radius 1 is 1.26 bits per heavy atom. The molecule has 2 atom stereocenters. The van der Waals surface area contributed by atoms with Gasteiger partial charge in [-0.25, -0.2) is 0 Å². The van der Waals surface area contributed by atoms with Gasteiger partial charge in [-0.05, 0) is 38.1 Å². The van der Waals surface area contributed by atoms with Gasteiger partial charge in [-0.1, -0.05) is 19.8 Å². The van der Waals surface area contributed by atoms with Crippen LogP contribution in [0, 0.1) is 5.41 Å². The molecule has 0 spiro atoms. The highest BCUT2D eigenvalue weighted by Crippen LogP contribution is 2.26. The molecular formula is C18H34N4O. The van der Waals surface area contributed by atoms with Gasteiger partial charge < -0.3 is 15.5 Å². The first-order chi connectivity index (χ1) is 11.1. The Labute approximate surface area is 141 Å². The fraction of sp³-hybridized carbons (Fsp3) is 0.944. The third-order valence-corrected chi connectivity index (χ3v) is 6.10. The zero-order valence-electron chi connectivity index (χ0n) is 14.9. The van der Waals surface area contributed by atoms with Crippen molar-refractivity contribution in [2.24, 2.45) is 5.41 Å². The van der Waals surface area contributed by atoms with Crippen molar-refractivity contribution in [1.82, 2.24) is 20.4 Å². The van der Waals surface area contributed by atoms with Crippen molar-refractivity contribution in [3.8, 4) is 0 Å². The lowest BCUT2D eigenvalue weighted by Gasteiger charge is -2.40. The molecular weight excluding hydrogens is 288 g/mol. The number of nitrogens with one attached hydrogen (secondary N) is 2. The predicted octanol–water partition coefficient (Wildman–Crippen LogP) is 1.05. The summed E-state index contributed by atoms with van der Waals surface area (Å²) in [6, 6.07) is 0.447. The summed E-state index contributed by atoms with van der Waals surface area (Å²) in [7, 11) is 0. The molecule has 3 fully saturated rings. The molecule has 23 heavy (non-hydrogen) atoms. The highest BCUT2D eigenvalue weighted by atomic mass is 16.2. The number of hydrogen-bond acceptors (Lipinski definition) is 4. The molecule has 2 aliphatic heterocycles. The first-order valence-electron chi connectivity index (χ1n) is 9.53. The highest BCUT2D eigenvalue weighted by molar-refractivity contribution is 5.81. The zero-order valence-corrected chi connectivity index (χ0v) is 14.9. The zero-order chi connectivity index (χ0) is 16.3. The second-order valence-corrected chi connectivity index (χ2v) is 8.22. The number of rotatable bonds is 5. The molecule has 0 bridgehead atoms. The summed E-state index contributed by atoms with van der Waals surface area (Å²) in [6.45, 7) is 12.2. The van der Waals surface area contributed by atoms with E-state index in [4.69, 9.17) is 0 Å². The molecule has 3 rings (SSSR count). The van der Waals surface area contributed by atoms with Crippen molar-refractivity contribution < 1.29 is 4.79 Å². The molecule has 2 saturated heterocycles. The number of carbonyl (C=O) groups is 1. The van der Waals surface area contributed by atoms with E-state index in [0.29, 0.717) is 11.5 Å². The lowest BCUT2D eigenvalue weighted by molar-refractivity contribution is -0.127. The molecule has 0 radical (unpaired) electrons. The second-order valence-electron chi connectivity index (χ2n) is 8.22. The lowest BCUT2D eigenvalue weighted by atomic mass is 9.89. The van der Waals surface area contributed by atoms with Crippen LogP contribution >= 0.6 is 0 Å². The molecule has 0 aromatic heterocycles. The normalized spacial score (nSPS) is 32.3. The summed E-state index contributed by atoms with van der Waals surface area (Å²) in [5, 5.41) is 6.74. The van der Waals surface area contributed by atoms with Crippen molar-refractivity contribution in [1.29, 1.82) is 0 Å². The minimum Gasteiger partial charge on any atom is -0.352 e.